The van der Waals surface area contributed by atoms with E-state index in [2.05, 4.69) is 9.88 Å². The molecule has 24 heavy (non-hydrogen) atoms. The molecule has 2 saturated heterocycles. The SMILES string of the molecule is COc1ccc(OC)c([C@H]2N(c3nccs3)C(=O)[C@@H]3CCCN32)c1. The van der Waals surface area contributed by atoms with Crippen LogP contribution in [-0.2, 0) is 4.79 Å². The lowest BCUT2D eigenvalue weighted by Gasteiger charge is -2.29. The number of carbonyl (C=O) groups is 1. The molecule has 2 fully saturated rings. The molecule has 7 heteroatoms. The van der Waals surface area contributed by atoms with Gasteiger partial charge in [0.2, 0.25) is 5.91 Å². The minimum absolute atomic E-state index is 0.0743. The third-order valence-electron chi connectivity index (χ3n) is 4.72. The highest BCUT2D eigenvalue weighted by molar-refractivity contribution is 7.13. The number of hydrogen-bond donors (Lipinski definition) is 0. The van der Waals surface area contributed by atoms with Crippen molar-refractivity contribution in [2.45, 2.75) is 25.0 Å². The number of carbonyl (C=O) groups excluding carboxylic acids is 1. The predicted molar refractivity (Wildman–Crippen MR) is 91.6 cm³/mol. The topological polar surface area (TPSA) is 54.9 Å². The smallest absolute Gasteiger partial charge is 0.247 e. The van der Waals surface area contributed by atoms with Gasteiger partial charge in [-0.1, -0.05) is 0 Å². The van der Waals surface area contributed by atoms with Gasteiger partial charge in [-0.3, -0.25) is 14.6 Å². The zero-order chi connectivity index (χ0) is 16.7. The zero-order valence-electron chi connectivity index (χ0n) is 13.6. The number of fused-ring (bicyclic) bond motifs is 1. The first kappa shape index (κ1) is 15.4. The Morgan fingerprint density at radius 1 is 1.29 bits per heavy atom. The van der Waals surface area contributed by atoms with E-state index >= 15 is 0 Å². The molecule has 2 atom stereocenters. The van der Waals surface area contributed by atoms with Gasteiger partial charge in [0, 0.05) is 23.7 Å². The van der Waals surface area contributed by atoms with Gasteiger partial charge < -0.3 is 9.47 Å². The fourth-order valence-corrected chi connectivity index (χ4v) is 4.34. The Morgan fingerprint density at radius 3 is 2.88 bits per heavy atom. The summed E-state index contributed by atoms with van der Waals surface area (Å²) in [5, 5.41) is 2.62. The Morgan fingerprint density at radius 2 is 2.17 bits per heavy atom. The van der Waals surface area contributed by atoms with Crippen LogP contribution in [0.15, 0.2) is 29.8 Å². The van der Waals surface area contributed by atoms with E-state index in [1.165, 1.54) is 11.3 Å². The van der Waals surface area contributed by atoms with Crippen LogP contribution in [0, 0.1) is 0 Å². The molecule has 0 bridgehead atoms. The molecule has 0 spiro atoms. The fraction of sp³-hybridized carbons (Fsp3) is 0.412. The maximum atomic E-state index is 13.0. The van der Waals surface area contributed by atoms with Crippen LogP contribution in [0.4, 0.5) is 5.13 Å². The standard InChI is InChI=1S/C17H19N3O3S/c1-22-11-5-6-14(23-2)12(10-11)15-19-8-3-4-13(19)16(21)20(15)17-18-7-9-24-17/h5-7,9-10,13,15H,3-4,8H2,1-2H3/t13-,15+/m0/s1. The van der Waals surface area contributed by atoms with E-state index < -0.39 is 0 Å². The molecule has 6 nitrogen and oxygen atoms in total. The Balaban J connectivity index is 1.85. The summed E-state index contributed by atoms with van der Waals surface area (Å²) >= 11 is 1.48. The Hall–Kier alpha value is -2.12. The van der Waals surface area contributed by atoms with Crippen LogP contribution >= 0.6 is 11.3 Å². The van der Waals surface area contributed by atoms with E-state index in [0.717, 1.165) is 41.6 Å². The quantitative estimate of drug-likeness (QED) is 0.853. The number of amides is 1. The highest BCUT2D eigenvalue weighted by atomic mass is 32.1. The van der Waals surface area contributed by atoms with E-state index in [-0.39, 0.29) is 18.1 Å². The lowest BCUT2D eigenvalue weighted by molar-refractivity contribution is -0.119. The number of ether oxygens (including phenoxy) is 2. The number of aromatic nitrogens is 1. The number of anilines is 1. The molecule has 1 amide bonds. The lowest BCUT2D eigenvalue weighted by Crippen LogP contribution is -2.32. The van der Waals surface area contributed by atoms with Crippen molar-refractivity contribution in [3.05, 3.63) is 35.3 Å². The molecule has 4 rings (SSSR count). The highest BCUT2D eigenvalue weighted by Gasteiger charge is 2.51. The van der Waals surface area contributed by atoms with Crippen LogP contribution in [-0.4, -0.2) is 42.6 Å². The Kier molecular flexibility index (Phi) is 3.90. The number of methoxy groups -OCH3 is 2. The molecule has 1 aromatic heterocycles. The molecular weight excluding hydrogens is 326 g/mol. The molecule has 0 N–H and O–H groups in total. The molecular formula is C17H19N3O3S. The van der Waals surface area contributed by atoms with E-state index in [0.29, 0.717) is 0 Å². The first-order valence-electron chi connectivity index (χ1n) is 7.95. The largest absolute Gasteiger partial charge is 0.497 e. The van der Waals surface area contributed by atoms with Gasteiger partial charge in [0.05, 0.1) is 20.3 Å². The average molecular weight is 345 g/mol. The normalized spacial score (nSPS) is 23.6. The summed E-state index contributed by atoms with van der Waals surface area (Å²) in [6, 6.07) is 5.64. The van der Waals surface area contributed by atoms with Crippen molar-refractivity contribution in [1.29, 1.82) is 0 Å². The molecule has 2 aromatic rings. The van der Waals surface area contributed by atoms with Crippen LogP contribution in [0.5, 0.6) is 11.5 Å². The van der Waals surface area contributed by atoms with E-state index in [1.54, 1.807) is 20.4 Å². The average Bonchev–Trinajstić information content (AvgIpc) is 3.32. The van der Waals surface area contributed by atoms with Gasteiger partial charge in [-0.05, 0) is 31.0 Å². The van der Waals surface area contributed by atoms with Crippen molar-refractivity contribution in [3.8, 4) is 11.5 Å². The third-order valence-corrected chi connectivity index (χ3v) is 5.49. The minimum atomic E-state index is -0.207. The maximum Gasteiger partial charge on any atom is 0.247 e. The summed E-state index contributed by atoms with van der Waals surface area (Å²) < 4.78 is 11.0. The van der Waals surface area contributed by atoms with Crippen molar-refractivity contribution in [2.24, 2.45) is 0 Å². The summed E-state index contributed by atoms with van der Waals surface area (Å²) in [7, 11) is 3.29. The molecule has 0 aliphatic carbocycles. The molecule has 3 heterocycles. The number of thiazole rings is 1. The summed E-state index contributed by atoms with van der Waals surface area (Å²) in [6.45, 7) is 0.892. The molecule has 0 saturated carbocycles. The number of hydrogen-bond acceptors (Lipinski definition) is 6. The summed E-state index contributed by atoms with van der Waals surface area (Å²) in [4.78, 5) is 21.4. The van der Waals surface area contributed by atoms with Crippen LogP contribution in [0.3, 0.4) is 0 Å². The predicted octanol–water partition coefficient (Wildman–Crippen LogP) is 2.67. The van der Waals surface area contributed by atoms with E-state index in [9.17, 15) is 4.79 Å². The number of benzene rings is 1. The van der Waals surface area contributed by atoms with Crippen LogP contribution < -0.4 is 14.4 Å². The van der Waals surface area contributed by atoms with Gasteiger partial charge in [-0.25, -0.2) is 4.98 Å². The van der Waals surface area contributed by atoms with Gasteiger partial charge in [0.1, 0.15) is 17.7 Å². The summed E-state index contributed by atoms with van der Waals surface area (Å²) in [5.41, 5.74) is 0.935. The first-order valence-corrected chi connectivity index (χ1v) is 8.83. The molecule has 2 aliphatic heterocycles. The minimum Gasteiger partial charge on any atom is -0.497 e. The molecule has 126 valence electrons. The Labute approximate surface area is 144 Å². The number of rotatable bonds is 4. The van der Waals surface area contributed by atoms with Gasteiger partial charge in [0.15, 0.2) is 5.13 Å². The van der Waals surface area contributed by atoms with Crippen molar-refractivity contribution in [1.82, 2.24) is 9.88 Å². The van der Waals surface area contributed by atoms with Gasteiger partial charge in [-0.15, -0.1) is 11.3 Å². The molecule has 0 unspecified atom stereocenters. The van der Waals surface area contributed by atoms with Crippen LogP contribution in [0.2, 0.25) is 0 Å². The second kappa shape index (κ2) is 6.07. The fourth-order valence-electron chi connectivity index (χ4n) is 3.67. The highest BCUT2D eigenvalue weighted by Crippen LogP contribution is 2.46. The molecule has 1 aromatic carbocycles. The lowest BCUT2D eigenvalue weighted by atomic mass is 10.1. The van der Waals surface area contributed by atoms with Gasteiger partial charge >= 0.3 is 0 Å². The summed E-state index contributed by atoms with van der Waals surface area (Å²) in [5.74, 6) is 1.63. The van der Waals surface area contributed by atoms with Gasteiger partial charge in [0.25, 0.3) is 0 Å². The Bertz CT molecular complexity index is 750. The second-order valence-corrected chi connectivity index (χ2v) is 6.77. The second-order valence-electron chi connectivity index (χ2n) is 5.90. The van der Waals surface area contributed by atoms with Crippen molar-refractivity contribution in [2.75, 3.05) is 25.7 Å². The maximum absolute atomic E-state index is 13.0. The van der Waals surface area contributed by atoms with Crippen molar-refractivity contribution in [3.63, 3.8) is 0 Å². The summed E-state index contributed by atoms with van der Waals surface area (Å²) in [6.07, 6.45) is 3.45. The van der Waals surface area contributed by atoms with Gasteiger partial charge in [-0.2, -0.15) is 0 Å². The third kappa shape index (κ3) is 2.27. The number of nitrogens with zero attached hydrogens (tertiary/aromatic N) is 3. The zero-order valence-corrected chi connectivity index (χ0v) is 14.5. The van der Waals surface area contributed by atoms with Crippen LogP contribution in [0.25, 0.3) is 0 Å². The van der Waals surface area contributed by atoms with Crippen molar-refractivity contribution >= 4 is 22.4 Å². The van der Waals surface area contributed by atoms with E-state index in [4.69, 9.17) is 9.47 Å². The first-order chi connectivity index (χ1) is 11.7. The van der Waals surface area contributed by atoms with Crippen LogP contribution in [0.1, 0.15) is 24.6 Å². The monoisotopic (exact) mass is 345 g/mol. The molecule has 0 radical (unpaired) electrons. The van der Waals surface area contributed by atoms with Crippen molar-refractivity contribution < 1.29 is 14.3 Å². The van der Waals surface area contributed by atoms with E-state index in [1.807, 2.05) is 28.5 Å². The molecule has 2 aliphatic rings.